The molecule has 1 aromatic rings. The standard InChI is InChI=1S/C13H22N2O2/c1-2-5-12-14-7-8-15(12)9-11-17-13-6-3-4-10-16-13/h7-8,13H,2-6,9-11H2,1H3/t13-/m1/s1. The molecule has 4 nitrogen and oxygen atoms in total. The second-order valence-electron chi connectivity index (χ2n) is 4.45. The molecule has 96 valence electrons. The highest BCUT2D eigenvalue weighted by Gasteiger charge is 2.13. The van der Waals surface area contributed by atoms with E-state index in [1.807, 2.05) is 12.4 Å². The van der Waals surface area contributed by atoms with Crippen LogP contribution in [0, 0.1) is 0 Å². The highest BCUT2D eigenvalue weighted by atomic mass is 16.7. The lowest BCUT2D eigenvalue weighted by molar-refractivity contribution is -0.163. The lowest BCUT2D eigenvalue weighted by atomic mass is 10.2. The van der Waals surface area contributed by atoms with Crippen LogP contribution in [0.2, 0.25) is 0 Å². The molecule has 0 radical (unpaired) electrons. The summed E-state index contributed by atoms with van der Waals surface area (Å²) in [6, 6.07) is 0. The van der Waals surface area contributed by atoms with Gasteiger partial charge in [-0.05, 0) is 25.7 Å². The number of rotatable bonds is 6. The SMILES string of the molecule is CCCc1nccn1CCO[C@@H]1CCCCO1. The summed E-state index contributed by atoms with van der Waals surface area (Å²) in [7, 11) is 0. The highest BCUT2D eigenvalue weighted by Crippen LogP contribution is 2.13. The number of hydrogen-bond donors (Lipinski definition) is 0. The number of hydrogen-bond acceptors (Lipinski definition) is 3. The molecule has 1 atom stereocenters. The molecule has 0 spiro atoms. The van der Waals surface area contributed by atoms with E-state index in [4.69, 9.17) is 9.47 Å². The van der Waals surface area contributed by atoms with Gasteiger partial charge in [0, 0.05) is 32.0 Å². The van der Waals surface area contributed by atoms with E-state index in [2.05, 4.69) is 16.5 Å². The second kappa shape index (κ2) is 6.77. The fourth-order valence-corrected chi connectivity index (χ4v) is 2.12. The van der Waals surface area contributed by atoms with Gasteiger partial charge in [0.1, 0.15) is 5.82 Å². The smallest absolute Gasteiger partial charge is 0.157 e. The molecule has 0 unspecified atom stereocenters. The third kappa shape index (κ3) is 3.82. The number of aryl methyl sites for hydroxylation is 1. The second-order valence-corrected chi connectivity index (χ2v) is 4.45. The molecule has 4 heteroatoms. The molecular weight excluding hydrogens is 216 g/mol. The molecule has 0 amide bonds. The predicted octanol–water partition coefficient (Wildman–Crippen LogP) is 2.38. The van der Waals surface area contributed by atoms with E-state index in [0.29, 0.717) is 6.61 Å². The van der Waals surface area contributed by atoms with Gasteiger partial charge in [0.05, 0.1) is 6.61 Å². The molecule has 0 aliphatic carbocycles. The number of nitrogens with zero attached hydrogens (tertiary/aromatic N) is 2. The van der Waals surface area contributed by atoms with Gasteiger partial charge < -0.3 is 14.0 Å². The first kappa shape index (κ1) is 12.6. The normalized spacial score (nSPS) is 20.6. The minimum atomic E-state index is 0.0156. The molecular formula is C13H22N2O2. The van der Waals surface area contributed by atoms with Crippen molar-refractivity contribution in [2.45, 2.75) is 51.9 Å². The Morgan fingerprint density at radius 2 is 2.47 bits per heavy atom. The topological polar surface area (TPSA) is 36.3 Å². The minimum Gasteiger partial charge on any atom is -0.353 e. The third-order valence-electron chi connectivity index (χ3n) is 3.05. The van der Waals surface area contributed by atoms with Crippen LogP contribution in [0.4, 0.5) is 0 Å². The van der Waals surface area contributed by atoms with E-state index in [-0.39, 0.29) is 6.29 Å². The van der Waals surface area contributed by atoms with Crippen molar-refractivity contribution in [3.05, 3.63) is 18.2 Å². The molecule has 0 N–H and O–H groups in total. The van der Waals surface area contributed by atoms with Gasteiger partial charge in [-0.2, -0.15) is 0 Å². The van der Waals surface area contributed by atoms with Gasteiger partial charge in [-0.25, -0.2) is 4.98 Å². The fourth-order valence-electron chi connectivity index (χ4n) is 2.12. The van der Waals surface area contributed by atoms with E-state index in [0.717, 1.165) is 38.2 Å². The first-order valence-electron chi connectivity index (χ1n) is 6.63. The van der Waals surface area contributed by atoms with Crippen molar-refractivity contribution in [1.82, 2.24) is 9.55 Å². The van der Waals surface area contributed by atoms with Crippen LogP contribution in [-0.2, 0) is 22.4 Å². The molecule has 1 aliphatic rings. The van der Waals surface area contributed by atoms with Crippen molar-refractivity contribution >= 4 is 0 Å². The molecule has 17 heavy (non-hydrogen) atoms. The zero-order chi connectivity index (χ0) is 11.9. The van der Waals surface area contributed by atoms with Gasteiger partial charge in [0.2, 0.25) is 0 Å². The van der Waals surface area contributed by atoms with E-state index in [1.54, 1.807) is 0 Å². The summed E-state index contributed by atoms with van der Waals surface area (Å²) in [6.07, 6.45) is 9.49. The van der Waals surface area contributed by atoms with E-state index in [9.17, 15) is 0 Å². The molecule has 1 saturated heterocycles. The van der Waals surface area contributed by atoms with Crippen LogP contribution < -0.4 is 0 Å². The maximum Gasteiger partial charge on any atom is 0.157 e. The largest absolute Gasteiger partial charge is 0.353 e. The molecule has 0 bridgehead atoms. The molecule has 0 aromatic carbocycles. The van der Waals surface area contributed by atoms with Gasteiger partial charge >= 0.3 is 0 Å². The maximum absolute atomic E-state index is 5.72. The molecule has 2 heterocycles. The van der Waals surface area contributed by atoms with Crippen molar-refractivity contribution < 1.29 is 9.47 Å². The van der Waals surface area contributed by atoms with Crippen LogP contribution in [0.1, 0.15) is 38.4 Å². The summed E-state index contributed by atoms with van der Waals surface area (Å²) >= 11 is 0. The summed E-state index contributed by atoms with van der Waals surface area (Å²) in [6.45, 7) is 4.59. The first-order valence-corrected chi connectivity index (χ1v) is 6.63. The van der Waals surface area contributed by atoms with Gasteiger partial charge in [-0.1, -0.05) is 6.92 Å². The Hall–Kier alpha value is -0.870. The van der Waals surface area contributed by atoms with E-state index < -0.39 is 0 Å². The van der Waals surface area contributed by atoms with Crippen molar-refractivity contribution in [1.29, 1.82) is 0 Å². The summed E-state index contributed by atoms with van der Waals surface area (Å²) in [5.74, 6) is 1.15. The summed E-state index contributed by atoms with van der Waals surface area (Å²) in [5, 5.41) is 0. The van der Waals surface area contributed by atoms with Crippen LogP contribution in [0.25, 0.3) is 0 Å². The zero-order valence-electron chi connectivity index (χ0n) is 10.6. The van der Waals surface area contributed by atoms with Crippen molar-refractivity contribution in [2.24, 2.45) is 0 Å². The number of ether oxygens (including phenoxy) is 2. The van der Waals surface area contributed by atoms with Crippen molar-refractivity contribution in [2.75, 3.05) is 13.2 Å². The molecule has 1 fully saturated rings. The summed E-state index contributed by atoms with van der Waals surface area (Å²) < 4.78 is 13.4. The van der Waals surface area contributed by atoms with Crippen molar-refractivity contribution in [3.63, 3.8) is 0 Å². The van der Waals surface area contributed by atoms with E-state index in [1.165, 1.54) is 12.8 Å². The van der Waals surface area contributed by atoms with Gasteiger partial charge in [-0.3, -0.25) is 0 Å². The van der Waals surface area contributed by atoms with Crippen LogP contribution in [0.3, 0.4) is 0 Å². The van der Waals surface area contributed by atoms with Crippen molar-refractivity contribution in [3.8, 4) is 0 Å². The molecule has 0 saturated carbocycles. The third-order valence-corrected chi connectivity index (χ3v) is 3.05. The Labute approximate surface area is 103 Å². The quantitative estimate of drug-likeness (QED) is 0.763. The van der Waals surface area contributed by atoms with Crippen LogP contribution >= 0.6 is 0 Å². The summed E-state index contributed by atoms with van der Waals surface area (Å²) in [4.78, 5) is 4.35. The molecule has 1 aromatic heterocycles. The Kier molecular flexibility index (Phi) is 5.01. The number of aromatic nitrogens is 2. The average molecular weight is 238 g/mol. The van der Waals surface area contributed by atoms with Gasteiger partial charge in [0.25, 0.3) is 0 Å². The highest BCUT2D eigenvalue weighted by molar-refractivity contribution is 4.92. The minimum absolute atomic E-state index is 0.0156. The van der Waals surface area contributed by atoms with Crippen LogP contribution in [0.15, 0.2) is 12.4 Å². The molecule has 2 rings (SSSR count). The Bertz CT molecular complexity index is 319. The monoisotopic (exact) mass is 238 g/mol. The average Bonchev–Trinajstić information content (AvgIpc) is 2.79. The first-order chi connectivity index (χ1) is 8.40. The van der Waals surface area contributed by atoms with Crippen LogP contribution in [0.5, 0.6) is 0 Å². The van der Waals surface area contributed by atoms with Gasteiger partial charge in [0.15, 0.2) is 6.29 Å². The van der Waals surface area contributed by atoms with Gasteiger partial charge in [-0.15, -0.1) is 0 Å². The maximum atomic E-state index is 5.72. The number of imidazole rings is 1. The Morgan fingerprint density at radius 1 is 1.53 bits per heavy atom. The molecule has 1 aliphatic heterocycles. The Morgan fingerprint density at radius 3 is 3.24 bits per heavy atom. The lowest BCUT2D eigenvalue weighted by Gasteiger charge is -2.22. The fraction of sp³-hybridized carbons (Fsp3) is 0.769. The Balaban J connectivity index is 1.71. The summed E-state index contributed by atoms with van der Waals surface area (Å²) in [5.41, 5.74) is 0. The lowest BCUT2D eigenvalue weighted by Crippen LogP contribution is -2.24. The van der Waals surface area contributed by atoms with Crippen LogP contribution in [-0.4, -0.2) is 29.1 Å². The predicted molar refractivity (Wildman–Crippen MR) is 65.8 cm³/mol. The zero-order valence-corrected chi connectivity index (χ0v) is 10.6. The van der Waals surface area contributed by atoms with E-state index >= 15 is 0 Å².